The summed E-state index contributed by atoms with van der Waals surface area (Å²) in [6, 6.07) is 3.58. The standard InChI is InChI=1S/C9H11ClO2/c1-6-8(11-2)5-4-7(10)9(6)12-3/h4-5H,1-3H3. The largest absolute Gasteiger partial charge is 0.496 e. The number of halogens is 1. The number of hydrogen-bond acceptors (Lipinski definition) is 2. The first-order valence-corrected chi connectivity index (χ1v) is 3.95. The second-order valence-corrected chi connectivity index (χ2v) is 2.82. The fraction of sp³-hybridized carbons (Fsp3) is 0.333. The molecule has 0 bridgehead atoms. The second kappa shape index (κ2) is 3.68. The third-order valence-corrected chi connectivity index (χ3v) is 2.03. The van der Waals surface area contributed by atoms with Gasteiger partial charge in [-0.2, -0.15) is 0 Å². The lowest BCUT2D eigenvalue weighted by atomic mass is 10.2. The predicted molar refractivity (Wildman–Crippen MR) is 49.3 cm³/mol. The molecule has 0 N–H and O–H groups in total. The highest BCUT2D eigenvalue weighted by molar-refractivity contribution is 6.32. The minimum absolute atomic E-state index is 0.607. The summed E-state index contributed by atoms with van der Waals surface area (Å²) in [4.78, 5) is 0. The van der Waals surface area contributed by atoms with E-state index in [9.17, 15) is 0 Å². The van der Waals surface area contributed by atoms with Gasteiger partial charge in [-0.1, -0.05) is 11.6 Å². The van der Waals surface area contributed by atoms with Crippen LogP contribution in [0.5, 0.6) is 11.5 Å². The van der Waals surface area contributed by atoms with Gasteiger partial charge in [-0.3, -0.25) is 0 Å². The van der Waals surface area contributed by atoms with Crippen molar-refractivity contribution in [3.8, 4) is 11.5 Å². The van der Waals surface area contributed by atoms with Gasteiger partial charge in [-0.05, 0) is 19.1 Å². The number of hydrogen-bond donors (Lipinski definition) is 0. The van der Waals surface area contributed by atoms with Crippen LogP contribution in [0.3, 0.4) is 0 Å². The van der Waals surface area contributed by atoms with E-state index in [4.69, 9.17) is 21.1 Å². The number of benzene rings is 1. The lowest BCUT2D eigenvalue weighted by Crippen LogP contribution is -1.92. The molecule has 0 aliphatic heterocycles. The Labute approximate surface area is 77.1 Å². The van der Waals surface area contributed by atoms with Crippen molar-refractivity contribution in [3.63, 3.8) is 0 Å². The molecular weight excluding hydrogens is 176 g/mol. The van der Waals surface area contributed by atoms with Gasteiger partial charge in [0.2, 0.25) is 0 Å². The zero-order valence-corrected chi connectivity index (χ0v) is 8.11. The SMILES string of the molecule is COc1ccc(Cl)c(OC)c1C. The monoisotopic (exact) mass is 186 g/mol. The summed E-state index contributed by atoms with van der Waals surface area (Å²) in [5.41, 5.74) is 0.924. The normalized spacial score (nSPS) is 9.67. The maximum absolute atomic E-state index is 5.88. The molecular formula is C9H11ClO2. The first-order valence-electron chi connectivity index (χ1n) is 3.57. The smallest absolute Gasteiger partial charge is 0.144 e. The molecule has 0 fully saturated rings. The number of rotatable bonds is 2. The summed E-state index contributed by atoms with van der Waals surface area (Å²) < 4.78 is 10.2. The second-order valence-electron chi connectivity index (χ2n) is 2.41. The number of ether oxygens (including phenoxy) is 2. The summed E-state index contributed by atoms with van der Waals surface area (Å²) in [6.45, 7) is 1.91. The maximum Gasteiger partial charge on any atom is 0.144 e. The number of methoxy groups -OCH3 is 2. The molecule has 0 aromatic heterocycles. The van der Waals surface area contributed by atoms with Gasteiger partial charge >= 0.3 is 0 Å². The van der Waals surface area contributed by atoms with Gasteiger partial charge in [0, 0.05) is 5.56 Å². The Morgan fingerprint density at radius 3 is 2.33 bits per heavy atom. The summed E-state index contributed by atoms with van der Waals surface area (Å²) in [6.07, 6.45) is 0. The Kier molecular flexibility index (Phi) is 2.82. The first-order chi connectivity index (χ1) is 5.70. The zero-order valence-electron chi connectivity index (χ0n) is 7.35. The topological polar surface area (TPSA) is 18.5 Å². The van der Waals surface area contributed by atoms with Crippen molar-refractivity contribution in [1.82, 2.24) is 0 Å². The molecule has 0 heterocycles. The molecule has 0 atom stereocenters. The van der Waals surface area contributed by atoms with Crippen LogP contribution in [0.25, 0.3) is 0 Å². The Morgan fingerprint density at radius 2 is 1.83 bits per heavy atom. The van der Waals surface area contributed by atoms with Crippen LogP contribution in [0.2, 0.25) is 5.02 Å². The molecule has 0 saturated carbocycles. The van der Waals surface area contributed by atoms with Crippen molar-refractivity contribution in [2.24, 2.45) is 0 Å². The van der Waals surface area contributed by atoms with E-state index >= 15 is 0 Å². The van der Waals surface area contributed by atoms with Crippen molar-refractivity contribution in [2.45, 2.75) is 6.92 Å². The van der Waals surface area contributed by atoms with Crippen LogP contribution in [-0.2, 0) is 0 Å². The molecule has 0 amide bonds. The van der Waals surface area contributed by atoms with Crippen LogP contribution in [0.4, 0.5) is 0 Å². The van der Waals surface area contributed by atoms with Crippen LogP contribution in [0, 0.1) is 6.92 Å². The highest BCUT2D eigenvalue weighted by atomic mass is 35.5. The maximum atomic E-state index is 5.88. The highest BCUT2D eigenvalue weighted by Gasteiger charge is 2.08. The third-order valence-electron chi connectivity index (χ3n) is 1.73. The van der Waals surface area contributed by atoms with Gasteiger partial charge in [0.1, 0.15) is 11.5 Å². The molecule has 0 spiro atoms. The van der Waals surface area contributed by atoms with E-state index in [1.165, 1.54) is 0 Å². The molecule has 1 aromatic rings. The Balaban J connectivity index is 3.24. The first kappa shape index (κ1) is 9.20. The average molecular weight is 187 g/mol. The molecule has 0 unspecified atom stereocenters. The molecule has 12 heavy (non-hydrogen) atoms. The third kappa shape index (κ3) is 1.48. The Bertz CT molecular complexity index is 284. The van der Waals surface area contributed by atoms with Crippen molar-refractivity contribution in [1.29, 1.82) is 0 Å². The zero-order chi connectivity index (χ0) is 9.14. The van der Waals surface area contributed by atoms with Crippen molar-refractivity contribution >= 4 is 11.6 Å². The molecule has 0 aliphatic rings. The van der Waals surface area contributed by atoms with Gasteiger partial charge in [-0.15, -0.1) is 0 Å². The van der Waals surface area contributed by atoms with Gasteiger partial charge in [0.25, 0.3) is 0 Å². The van der Waals surface area contributed by atoms with E-state index < -0.39 is 0 Å². The van der Waals surface area contributed by atoms with Crippen LogP contribution in [0.1, 0.15) is 5.56 Å². The molecule has 0 radical (unpaired) electrons. The summed E-state index contributed by atoms with van der Waals surface area (Å²) in [5.74, 6) is 1.47. The molecule has 2 nitrogen and oxygen atoms in total. The van der Waals surface area contributed by atoms with Crippen LogP contribution >= 0.6 is 11.6 Å². The van der Waals surface area contributed by atoms with Crippen molar-refractivity contribution < 1.29 is 9.47 Å². The van der Waals surface area contributed by atoms with E-state index in [1.807, 2.05) is 13.0 Å². The lowest BCUT2D eigenvalue weighted by molar-refractivity contribution is 0.389. The van der Waals surface area contributed by atoms with Gasteiger partial charge < -0.3 is 9.47 Å². The fourth-order valence-electron chi connectivity index (χ4n) is 1.11. The van der Waals surface area contributed by atoms with Crippen LogP contribution in [-0.4, -0.2) is 14.2 Å². The summed E-state index contributed by atoms with van der Waals surface area (Å²) in [5, 5.41) is 0.607. The van der Waals surface area contributed by atoms with Crippen molar-refractivity contribution in [3.05, 3.63) is 22.7 Å². The Hall–Kier alpha value is -0.890. The van der Waals surface area contributed by atoms with E-state index in [0.29, 0.717) is 10.8 Å². The van der Waals surface area contributed by atoms with E-state index in [1.54, 1.807) is 20.3 Å². The van der Waals surface area contributed by atoms with Gasteiger partial charge in [-0.25, -0.2) is 0 Å². The molecule has 66 valence electrons. The summed E-state index contributed by atoms with van der Waals surface area (Å²) in [7, 11) is 3.21. The van der Waals surface area contributed by atoms with Gasteiger partial charge in [0.05, 0.1) is 19.2 Å². The molecule has 0 aliphatic carbocycles. The predicted octanol–water partition coefficient (Wildman–Crippen LogP) is 2.67. The molecule has 1 rings (SSSR count). The van der Waals surface area contributed by atoms with Crippen molar-refractivity contribution in [2.75, 3.05) is 14.2 Å². The van der Waals surface area contributed by atoms with Gasteiger partial charge in [0.15, 0.2) is 0 Å². The van der Waals surface area contributed by atoms with Crippen LogP contribution < -0.4 is 9.47 Å². The highest BCUT2D eigenvalue weighted by Crippen LogP contribution is 2.34. The van der Waals surface area contributed by atoms with E-state index in [0.717, 1.165) is 11.3 Å². The average Bonchev–Trinajstić information content (AvgIpc) is 2.06. The van der Waals surface area contributed by atoms with Crippen LogP contribution in [0.15, 0.2) is 12.1 Å². The Morgan fingerprint density at radius 1 is 1.17 bits per heavy atom. The summed E-state index contributed by atoms with van der Waals surface area (Å²) >= 11 is 5.88. The lowest BCUT2D eigenvalue weighted by Gasteiger charge is -2.10. The minimum Gasteiger partial charge on any atom is -0.496 e. The molecule has 3 heteroatoms. The fourth-order valence-corrected chi connectivity index (χ4v) is 1.39. The van der Waals surface area contributed by atoms with E-state index in [-0.39, 0.29) is 0 Å². The minimum atomic E-state index is 0.607. The molecule has 0 saturated heterocycles. The quantitative estimate of drug-likeness (QED) is 0.707. The molecule has 1 aromatic carbocycles. The van der Waals surface area contributed by atoms with E-state index in [2.05, 4.69) is 0 Å².